The zero-order valence-electron chi connectivity index (χ0n) is 18.8. The molecule has 0 radical (unpaired) electrons. The Kier molecular flexibility index (Phi) is 5.90. The van der Waals surface area contributed by atoms with Gasteiger partial charge in [0.05, 0.1) is 11.2 Å². The maximum absolute atomic E-state index is 15.0. The molecule has 2 aromatic heterocycles. The van der Waals surface area contributed by atoms with Gasteiger partial charge in [0.1, 0.15) is 28.0 Å². The summed E-state index contributed by atoms with van der Waals surface area (Å²) in [4.78, 5) is 8.65. The summed E-state index contributed by atoms with van der Waals surface area (Å²) in [6.07, 6.45) is 2.89. The second kappa shape index (κ2) is 9.15. The first-order chi connectivity index (χ1) is 16.5. The van der Waals surface area contributed by atoms with Crippen LogP contribution in [0.25, 0.3) is 21.5 Å². The Balaban J connectivity index is 1.38. The number of nitrogens with two attached hydrogens (primary N) is 1. The van der Waals surface area contributed by atoms with Gasteiger partial charge in [-0.2, -0.15) is 0 Å². The summed E-state index contributed by atoms with van der Waals surface area (Å²) in [5, 5.41) is 14.0. The van der Waals surface area contributed by atoms with Gasteiger partial charge in [-0.25, -0.2) is 14.4 Å². The SMILES string of the molecule is CCc1cc2ncnc(Nc3ccc(Cc4cccc(-c5nnc(C)s5)c4)cc3F)c2cc1N. The summed E-state index contributed by atoms with van der Waals surface area (Å²) in [6, 6.07) is 17.1. The average Bonchev–Trinajstić information content (AvgIpc) is 3.27. The molecule has 3 N–H and O–H groups in total. The van der Waals surface area contributed by atoms with E-state index in [2.05, 4.69) is 31.5 Å². The van der Waals surface area contributed by atoms with Crippen LogP contribution in [0.3, 0.4) is 0 Å². The maximum Gasteiger partial charge on any atom is 0.147 e. The highest BCUT2D eigenvalue weighted by Crippen LogP contribution is 2.29. The van der Waals surface area contributed by atoms with Crippen LogP contribution in [-0.4, -0.2) is 20.2 Å². The minimum Gasteiger partial charge on any atom is -0.398 e. The summed E-state index contributed by atoms with van der Waals surface area (Å²) in [5.74, 6) is 0.171. The minimum absolute atomic E-state index is 0.347. The van der Waals surface area contributed by atoms with E-state index in [0.717, 1.165) is 49.6 Å². The lowest BCUT2D eigenvalue weighted by atomic mass is 10.0. The topological polar surface area (TPSA) is 89.6 Å². The molecule has 0 aliphatic carbocycles. The number of halogens is 1. The molecule has 3 aromatic carbocycles. The molecule has 0 bridgehead atoms. The molecule has 0 spiro atoms. The van der Waals surface area contributed by atoms with E-state index in [1.807, 2.05) is 50.2 Å². The standard InChI is InChI=1S/C26H23FN6S/c1-3-18-12-24-20(13-22(18)28)25(30-14-29-24)31-23-8-7-17(11-21(23)27)9-16-5-4-6-19(10-16)26-33-32-15(2)34-26/h4-8,10-14H,3,9,28H2,1-2H3,(H,29,30,31). The lowest BCUT2D eigenvalue weighted by Crippen LogP contribution is -2.01. The Hall–Kier alpha value is -3.91. The molecule has 0 saturated carbocycles. The molecule has 0 aliphatic rings. The molecule has 0 saturated heterocycles. The Morgan fingerprint density at radius 1 is 1.00 bits per heavy atom. The molecule has 0 unspecified atom stereocenters. The van der Waals surface area contributed by atoms with Gasteiger partial charge in [-0.15, -0.1) is 10.2 Å². The molecule has 0 aliphatic heterocycles. The number of nitrogens with zero attached hydrogens (tertiary/aromatic N) is 4. The van der Waals surface area contributed by atoms with Crippen LogP contribution in [-0.2, 0) is 12.8 Å². The van der Waals surface area contributed by atoms with E-state index >= 15 is 4.39 Å². The fraction of sp³-hybridized carbons (Fsp3) is 0.154. The Morgan fingerprint density at radius 2 is 1.85 bits per heavy atom. The van der Waals surface area contributed by atoms with Crippen molar-refractivity contribution in [3.63, 3.8) is 0 Å². The lowest BCUT2D eigenvalue weighted by Gasteiger charge is -2.12. The number of benzene rings is 3. The van der Waals surface area contributed by atoms with Crippen LogP contribution in [0.5, 0.6) is 0 Å². The number of aryl methyl sites for hydroxylation is 2. The lowest BCUT2D eigenvalue weighted by molar-refractivity contribution is 0.630. The van der Waals surface area contributed by atoms with Crippen LogP contribution in [0, 0.1) is 12.7 Å². The first-order valence-electron chi connectivity index (χ1n) is 11.0. The van der Waals surface area contributed by atoms with Gasteiger partial charge in [-0.3, -0.25) is 0 Å². The minimum atomic E-state index is -0.349. The van der Waals surface area contributed by atoms with Crippen molar-refractivity contribution < 1.29 is 4.39 Å². The number of nitrogens with one attached hydrogen (secondary N) is 1. The second-order valence-electron chi connectivity index (χ2n) is 8.09. The van der Waals surface area contributed by atoms with Crippen LogP contribution in [0.2, 0.25) is 0 Å². The van der Waals surface area contributed by atoms with Crippen molar-refractivity contribution in [3.05, 3.63) is 88.4 Å². The predicted octanol–water partition coefficient (Wildman–Crippen LogP) is 6.07. The Bertz CT molecular complexity index is 1500. The molecule has 34 heavy (non-hydrogen) atoms. The van der Waals surface area contributed by atoms with E-state index in [0.29, 0.717) is 23.6 Å². The molecule has 5 rings (SSSR count). The number of hydrogen-bond donors (Lipinski definition) is 2. The summed E-state index contributed by atoms with van der Waals surface area (Å²) < 4.78 is 15.0. The highest BCUT2D eigenvalue weighted by atomic mass is 32.1. The predicted molar refractivity (Wildman–Crippen MR) is 136 cm³/mol. The van der Waals surface area contributed by atoms with Gasteiger partial charge in [-0.1, -0.05) is 42.5 Å². The van der Waals surface area contributed by atoms with Crippen molar-refractivity contribution in [2.45, 2.75) is 26.7 Å². The Morgan fingerprint density at radius 3 is 2.62 bits per heavy atom. The molecule has 6 nitrogen and oxygen atoms in total. The summed E-state index contributed by atoms with van der Waals surface area (Å²) in [5.41, 5.74) is 12.0. The van der Waals surface area contributed by atoms with Crippen LogP contribution in [0.1, 0.15) is 28.6 Å². The molecule has 0 atom stereocenters. The highest BCUT2D eigenvalue weighted by molar-refractivity contribution is 7.14. The summed E-state index contributed by atoms with van der Waals surface area (Å²) in [6.45, 7) is 3.98. The zero-order chi connectivity index (χ0) is 23.7. The van der Waals surface area contributed by atoms with Crippen LogP contribution < -0.4 is 11.1 Å². The van der Waals surface area contributed by atoms with Gasteiger partial charge in [0, 0.05) is 16.6 Å². The monoisotopic (exact) mass is 470 g/mol. The third-order valence-corrected chi connectivity index (χ3v) is 6.56. The molecule has 0 fully saturated rings. The molecule has 2 heterocycles. The van der Waals surface area contributed by atoms with E-state index in [1.54, 1.807) is 23.5 Å². The fourth-order valence-electron chi connectivity index (χ4n) is 3.93. The van der Waals surface area contributed by atoms with Gasteiger partial charge in [0.2, 0.25) is 0 Å². The molecule has 5 aromatic rings. The number of rotatable bonds is 6. The number of hydrogen-bond acceptors (Lipinski definition) is 7. The van der Waals surface area contributed by atoms with Gasteiger partial charge in [0.15, 0.2) is 0 Å². The van der Waals surface area contributed by atoms with Crippen molar-refractivity contribution in [3.8, 4) is 10.6 Å². The molecular weight excluding hydrogens is 447 g/mol. The highest BCUT2D eigenvalue weighted by Gasteiger charge is 2.11. The van der Waals surface area contributed by atoms with E-state index in [9.17, 15) is 0 Å². The number of nitrogen functional groups attached to an aromatic ring is 1. The fourth-order valence-corrected chi connectivity index (χ4v) is 4.62. The van der Waals surface area contributed by atoms with Crippen LogP contribution in [0.15, 0.2) is 60.9 Å². The molecule has 0 amide bonds. The van der Waals surface area contributed by atoms with Gasteiger partial charge in [-0.05, 0) is 66.8 Å². The maximum atomic E-state index is 15.0. The van der Waals surface area contributed by atoms with Crippen LogP contribution >= 0.6 is 11.3 Å². The number of anilines is 3. The van der Waals surface area contributed by atoms with Gasteiger partial charge >= 0.3 is 0 Å². The smallest absolute Gasteiger partial charge is 0.147 e. The van der Waals surface area contributed by atoms with E-state index < -0.39 is 0 Å². The molecule has 8 heteroatoms. The van der Waals surface area contributed by atoms with Crippen molar-refractivity contribution in [1.82, 2.24) is 20.2 Å². The van der Waals surface area contributed by atoms with E-state index in [1.165, 1.54) is 6.33 Å². The van der Waals surface area contributed by atoms with E-state index in [4.69, 9.17) is 5.73 Å². The first kappa shape index (κ1) is 21.9. The zero-order valence-corrected chi connectivity index (χ0v) is 19.7. The van der Waals surface area contributed by atoms with Crippen molar-refractivity contribution in [1.29, 1.82) is 0 Å². The van der Waals surface area contributed by atoms with Crippen LogP contribution in [0.4, 0.5) is 21.6 Å². The average molecular weight is 471 g/mol. The quantitative estimate of drug-likeness (QED) is 0.293. The Labute approximate surface area is 200 Å². The van der Waals surface area contributed by atoms with E-state index in [-0.39, 0.29) is 5.82 Å². The first-order valence-corrected chi connectivity index (χ1v) is 11.8. The van der Waals surface area contributed by atoms with Crippen molar-refractivity contribution >= 4 is 39.4 Å². The third kappa shape index (κ3) is 4.45. The van der Waals surface area contributed by atoms with Gasteiger partial charge < -0.3 is 11.1 Å². The summed E-state index contributed by atoms with van der Waals surface area (Å²) in [7, 11) is 0. The molecule has 170 valence electrons. The third-order valence-electron chi connectivity index (χ3n) is 5.67. The van der Waals surface area contributed by atoms with Crippen molar-refractivity contribution in [2.75, 3.05) is 11.1 Å². The summed E-state index contributed by atoms with van der Waals surface area (Å²) >= 11 is 1.56. The largest absolute Gasteiger partial charge is 0.398 e. The molecular formula is C26H23FN6S. The number of fused-ring (bicyclic) bond motifs is 1. The van der Waals surface area contributed by atoms with Crippen molar-refractivity contribution in [2.24, 2.45) is 0 Å². The normalized spacial score (nSPS) is 11.1. The number of aromatic nitrogens is 4. The second-order valence-corrected chi connectivity index (χ2v) is 9.27. The van der Waals surface area contributed by atoms with Gasteiger partial charge in [0.25, 0.3) is 0 Å².